The molecule has 18 heavy (non-hydrogen) atoms. The summed E-state index contributed by atoms with van der Waals surface area (Å²) < 4.78 is 5.14. The molecule has 0 saturated carbocycles. The lowest BCUT2D eigenvalue weighted by Crippen LogP contribution is -2.13. The van der Waals surface area contributed by atoms with Gasteiger partial charge in [-0.1, -0.05) is 0 Å². The van der Waals surface area contributed by atoms with Crippen molar-refractivity contribution >= 4 is 17.3 Å². The largest absolute Gasteiger partial charge is 0.494 e. The zero-order valence-electron chi connectivity index (χ0n) is 9.75. The summed E-state index contributed by atoms with van der Waals surface area (Å²) in [6.07, 6.45) is 2.84. The van der Waals surface area contributed by atoms with Gasteiger partial charge in [-0.25, -0.2) is 0 Å². The minimum absolute atomic E-state index is 0.284. The smallest absolute Gasteiger partial charge is 0.257 e. The van der Waals surface area contributed by atoms with Crippen LogP contribution in [-0.2, 0) is 0 Å². The first-order chi connectivity index (χ1) is 8.70. The molecule has 6 nitrogen and oxygen atoms in total. The lowest BCUT2D eigenvalue weighted by molar-refractivity contribution is 0.102. The third-order valence-electron chi connectivity index (χ3n) is 2.32. The highest BCUT2D eigenvalue weighted by Crippen LogP contribution is 2.26. The second kappa shape index (κ2) is 5.13. The first-order valence-corrected chi connectivity index (χ1v) is 5.22. The summed E-state index contributed by atoms with van der Waals surface area (Å²) in [5, 5.41) is 9.97. The number of ether oxygens (including phenoxy) is 1. The molecule has 2 aromatic rings. The van der Waals surface area contributed by atoms with Crippen LogP contribution in [0.3, 0.4) is 0 Å². The van der Waals surface area contributed by atoms with Crippen LogP contribution < -0.4 is 15.8 Å². The Morgan fingerprint density at radius 3 is 2.83 bits per heavy atom. The Kier molecular flexibility index (Phi) is 3.38. The molecule has 1 aromatic heterocycles. The third kappa shape index (κ3) is 2.54. The fraction of sp³-hybridized carbons (Fsp3) is 0.0833. The van der Waals surface area contributed by atoms with Crippen molar-refractivity contribution in [3.8, 4) is 5.75 Å². The summed E-state index contributed by atoms with van der Waals surface area (Å²) in [5.41, 5.74) is 7.17. The molecule has 0 fully saturated rings. The first-order valence-electron chi connectivity index (χ1n) is 5.22. The number of nitrogens with zero attached hydrogens (tertiary/aromatic N) is 2. The summed E-state index contributed by atoms with van der Waals surface area (Å²) in [6.45, 7) is 0. The summed E-state index contributed by atoms with van der Waals surface area (Å²) in [4.78, 5) is 11.9. The van der Waals surface area contributed by atoms with Gasteiger partial charge >= 0.3 is 0 Å². The van der Waals surface area contributed by atoms with E-state index in [1.54, 1.807) is 24.3 Å². The van der Waals surface area contributed by atoms with E-state index in [1.807, 2.05) is 0 Å². The maximum Gasteiger partial charge on any atom is 0.257 e. The molecule has 0 radical (unpaired) electrons. The topological polar surface area (TPSA) is 90.1 Å². The first kappa shape index (κ1) is 11.8. The Morgan fingerprint density at radius 1 is 1.33 bits per heavy atom. The molecule has 0 saturated heterocycles. The fourth-order valence-electron chi connectivity index (χ4n) is 1.43. The summed E-state index contributed by atoms with van der Waals surface area (Å²) in [5.74, 6) is 0.221. The van der Waals surface area contributed by atoms with Crippen molar-refractivity contribution in [2.75, 3.05) is 18.2 Å². The van der Waals surface area contributed by atoms with Crippen LogP contribution in [0.25, 0.3) is 0 Å². The molecule has 0 aliphatic carbocycles. The quantitative estimate of drug-likeness (QED) is 0.795. The zero-order chi connectivity index (χ0) is 13.0. The van der Waals surface area contributed by atoms with E-state index in [9.17, 15) is 4.79 Å². The SMILES string of the molecule is COc1cc(N)ccc1NC(=O)c1ccnnc1. The molecule has 2 rings (SSSR count). The average Bonchev–Trinajstić information content (AvgIpc) is 2.41. The number of hydrogen-bond acceptors (Lipinski definition) is 5. The van der Waals surface area contributed by atoms with Crippen LogP contribution in [0.1, 0.15) is 10.4 Å². The van der Waals surface area contributed by atoms with Gasteiger partial charge in [0.2, 0.25) is 0 Å². The molecule has 0 bridgehead atoms. The maximum absolute atomic E-state index is 11.9. The highest BCUT2D eigenvalue weighted by Gasteiger charge is 2.09. The number of benzene rings is 1. The molecule has 0 aliphatic rings. The second-order valence-electron chi connectivity index (χ2n) is 3.54. The molecule has 3 N–H and O–H groups in total. The number of nitrogen functional groups attached to an aromatic ring is 1. The Bertz CT molecular complexity index is 557. The molecule has 0 unspecified atom stereocenters. The number of amides is 1. The molecule has 1 amide bonds. The summed E-state index contributed by atoms with van der Waals surface area (Å²) in [7, 11) is 1.51. The van der Waals surface area contributed by atoms with Crippen molar-refractivity contribution < 1.29 is 9.53 Å². The number of nitrogens with one attached hydrogen (secondary N) is 1. The lowest BCUT2D eigenvalue weighted by Gasteiger charge is -2.10. The normalized spacial score (nSPS) is 9.83. The summed E-state index contributed by atoms with van der Waals surface area (Å²) in [6, 6.07) is 6.58. The molecule has 0 aliphatic heterocycles. The minimum Gasteiger partial charge on any atom is -0.494 e. The van der Waals surface area contributed by atoms with Gasteiger partial charge in [0.15, 0.2) is 0 Å². The van der Waals surface area contributed by atoms with Gasteiger partial charge in [0.05, 0.1) is 30.8 Å². The molecule has 1 aromatic carbocycles. The van der Waals surface area contributed by atoms with Gasteiger partial charge in [-0.05, 0) is 18.2 Å². The highest BCUT2D eigenvalue weighted by atomic mass is 16.5. The van der Waals surface area contributed by atoms with Crippen molar-refractivity contribution in [2.45, 2.75) is 0 Å². The Balaban J connectivity index is 2.22. The van der Waals surface area contributed by atoms with Gasteiger partial charge in [0.1, 0.15) is 5.75 Å². The third-order valence-corrected chi connectivity index (χ3v) is 2.32. The van der Waals surface area contributed by atoms with Crippen molar-refractivity contribution in [1.29, 1.82) is 0 Å². The Morgan fingerprint density at radius 2 is 2.17 bits per heavy atom. The van der Waals surface area contributed by atoms with Crippen LogP contribution in [0.4, 0.5) is 11.4 Å². The van der Waals surface area contributed by atoms with Gasteiger partial charge in [0.25, 0.3) is 5.91 Å². The molecule has 92 valence electrons. The zero-order valence-corrected chi connectivity index (χ0v) is 9.75. The van der Waals surface area contributed by atoms with E-state index in [-0.39, 0.29) is 5.91 Å². The number of nitrogens with two attached hydrogens (primary N) is 1. The maximum atomic E-state index is 11.9. The number of carbonyl (C=O) groups excluding carboxylic acids is 1. The predicted octanol–water partition coefficient (Wildman–Crippen LogP) is 1.32. The van der Waals surface area contributed by atoms with E-state index in [0.29, 0.717) is 22.7 Å². The number of aromatic nitrogens is 2. The highest BCUT2D eigenvalue weighted by molar-refractivity contribution is 6.04. The Labute approximate surface area is 104 Å². The molecule has 0 atom stereocenters. The molecular formula is C12H12N4O2. The van der Waals surface area contributed by atoms with E-state index >= 15 is 0 Å². The standard InChI is InChI=1S/C12H12N4O2/c1-18-11-6-9(13)2-3-10(11)16-12(17)8-4-5-14-15-7-8/h2-7H,13H2,1H3,(H,16,17). The van der Waals surface area contributed by atoms with Crippen LogP contribution >= 0.6 is 0 Å². The average molecular weight is 244 g/mol. The number of hydrogen-bond donors (Lipinski definition) is 2. The lowest BCUT2D eigenvalue weighted by atomic mass is 10.2. The van der Waals surface area contributed by atoms with Crippen LogP contribution in [0.15, 0.2) is 36.7 Å². The fourth-order valence-corrected chi connectivity index (χ4v) is 1.43. The van der Waals surface area contributed by atoms with Gasteiger partial charge in [-0.15, -0.1) is 0 Å². The number of anilines is 2. The molecule has 6 heteroatoms. The van der Waals surface area contributed by atoms with Gasteiger partial charge < -0.3 is 15.8 Å². The van der Waals surface area contributed by atoms with Crippen LogP contribution in [-0.4, -0.2) is 23.2 Å². The second-order valence-corrected chi connectivity index (χ2v) is 3.54. The monoisotopic (exact) mass is 244 g/mol. The summed E-state index contributed by atoms with van der Waals surface area (Å²) >= 11 is 0. The predicted molar refractivity (Wildman–Crippen MR) is 67.4 cm³/mol. The van der Waals surface area contributed by atoms with Gasteiger partial charge in [-0.3, -0.25) is 4.79 Å². The molecule has 0 spiro atoms. The van der Waals surface area contributed by atoms with Gasteiger partial charge in [-0.2, -0.15) is 10.2 Å². The minimum atomic E-state index is -0.284. The van der Waals surface area contributed by atoms with E-state index in [4.69, 9.17) is 10.5 Å². The van der Waals surface area contributed by atoms with Crippen molar-refractivity contribution in [1.82, 2.24) is 10.2 Å². The molecule has 1 heterocycles. The van der Waals surface area contributed by atoms with Crippen molar-refractivity contribution in [2.24, 2.45) is 0 Å². The van der Waals surface area contributed by atoms with Crippen molar-refractivity contribution in [3.05, 3.63) is 42.2 Å². The molecular weight excluding hydrogens is 232 g/mol. The van der Waals surface area contributed by atoms with E-state index in [1.165, 1.54) is 19.5 Å². The number of rotatable bonds is 3. The van der Waals surface area contributed by atoms with E-state index in [0.717, 1.165) is 0 Å². The number of methoxy groups -OCH3 is 1. The van der Waals surface area contributed by atoms with Crippen LogP contribution in [0.5, 0.6) is 5.75 Å². The van der Waals surface area contributed by atoms with Crippen LogP contribution in [0.2, 0.25) is 0 Å². The Hall–Kier alpha value is -2.63. The van der Waals surface area contributed by atoms with Crippen LogP contribution in [0, 0.1) is 0 Å². The van der Waals surface area contributed by atoms with Gasteiger partial charge in [0, 0.05) is 11.8 Å². The van der Waals surface area contributed by atoms with E-state index < -0.39 is 0 Å². The number of carbonyl (C=O) groups is 1. The van der Waals surface area contributed by atoms with E-state index in [2.05, 4.69) is 15.5 Å². The van der Waals surface area contributed by atoms with Crippen molar-refractivity contribution in [3.63, 3.8) is 0 Å².